The van der Waals surface area contributed by atoms with Crippen LogP contribution in [0, 0.1) is 19.7 Å². The molecule has 27 heavy (non-hydrogen) atoms. The number of thiocarbonyl (C=S) groups is 1. The van der Waals surface area contributed by atoms with Gasteiger partial charge in [0.05, 0.1) is 5.69 Å². The summed E-state index contributed by atoms with van der Waals surface area (Å²) in [5, 5.41) is 16.1. The minimum Gasteiger partial charge on any atom is -0.867 e. The van der Waals surface area contributed by atoms with Crippen LogP contribution < -0.4 is 15.0 Å². The van der Waals surface area contributed by atoms with Crippen molar-refractivity contribution < 1.29 is 14.1 Å². The van der Waals surface area contributed by atoms with E-state index in [0.717, 1.165) is 11.1 Å². The minimum atomic E-state index is -0.434. The van der Waals surface area contributed by atoms with Crippen LogP contribution in [-0.4, -0.2) is 4.99 Å². The SMILES string of the molecule is Cc1ccc(C([O-])=C(C(=S)Nc2ccccc2F)[n+]2ccccc2)cc1C. The van der Waals surface area contributed by atoms with E-state index in [2.05, 4.69) is 5.32 Å². The van der Waals surface area contributed by atoms with Gasteiger partial charge in [-0.15, -0.1) is 0 Å². The van der Waals surface area contributed by atoms with Gasteiger partial charge in [-0.2, -0.15) is 4.57 Å². The van der Waals surface area contributed by atoms with Crippen LogP contribution in [0.5, 0.6) is 0 Å². The summed E-state index contributed by atoms with van der Waals surface area (Å²) in [7, 11) is 0. The summed E-state index contributed by atoms with van der Waals surface area (Å²) in [4.78, 5) is 0.152. The van der Waals surface area contributed by atoms with Gasteiger partial charge in [0, 0.05) is 12.1 Å². The first kappa shape index (κ1) is 18.7. The van der Waals surface area contributed by atoms with E-state index in [1.165, 1.54) is 6.07 Å². The maximum atomic E-state index is 14.0. The second kappa shape index (κ2) is 8.10. The third kappa shape index (κ3) is 4.20. The van der Waals surface area contributed by atoms with Crippen molar-refractivity contribution in [2.24, 2.45) is 0 Å². The molecule has 0 spiro atoms. The lowest BCUT2D eigenvalue weighted by molar-refractivity contribution is -0.577. The molecule has 5 heteroatoms. The summed E-state index contributed by atoms with van der Waals surface area (Å²) in [5.74, 6) is -0.668. The van der Waals surface area contributed by atoms with Crippen molar-refractivity contribution in [1.82, 2.24) is 0 Å². The first-order valence-electron chi connectivity index (χ1n) is 8.49. The molecule has 0 aliphatic carbocycles. The summed E-state index contributed by atoms with van der Waals surface area (Å²) in [6.45, 7) is 3.95. The Morgan fingerprint density at radius 3 is 2.33 bits per heavy atom. The molecule has 0 saturated heterocycles. The lowest BCUT2D eigenvalue weighted by atomic mass is 10.0. The van der Waals surface area contributed by atoms with Gasteiger partial charge in [-0.25, -0.2) is 4.39 Å². The zero-order valence-electron chi connectivity index (χ0n) is 15.1. The van der Waals surface area contributed by atoms with Gasteiger partial charge in [0.1, 0.15) is 5.82 Å². The molecule has 0 bridgehead atoms. The van der Waals surface area contributed by atoms with Crippen molar-refractivity contribution in [3.8, 4) is 0 Å². The number of aromatic nitrogens is 1. The molecule has 0 radical (unpaired) electrons. The molecule has 0 amide bonds. The van der Waals surface area contributed by atoms with Crippen LogP contribution in [0.15, 0.2) is 73.1 Å². The summed E-state index contributed by atoms with van der Waals surface area (Å²) in [6, 6.07) is 17.2. The van der Waals surface area contributed by atoms with Crippen LogP contribution in [0.1, 0.15) is 16.7 Å². The van der Waals surface area contributed by atoms with Crippen LogP contribution in [0.4, 0.5) is 10.1 Å². The Morgan fingerprint density at radius 2 is 1.67 bits per heavy atom. The molecule has 136 valence electrons. The van der Waals surface area contributed by atoms with Crippen molar-refractivity contribution in [2.45, 2.75) is 13.8 Å². The highest BCUT2D eigenvalue weighted by Gasteiger charge is 2.19. The monoisotopic (exact) mass is 378 g/mol. The van der Waals surface area contributed by atoms with Crippen molar-refractivity contribution in [3.63, 3.8) is 0 Å². The average molecular weight is 378 g/mol. The number of halogens is 1. The summed E-state index contributed by atoms with van der Waals surface area (Å²) in [5.41, 5.74) is 3.14. The first-order chi connectivity index (χ1) is 13.0. The molecule has 0 aliphatic heterocycles. The molecule has 3 nitrogen and oxygen atoms in total. The third-order valence-corrected chi connectivity index (χ3v) is 4.59. The maximum absolute atomic E-state index is 14.0. The summed E-state index contributed by atoms with van der Waals surface area (Å²) < 4.78 is 15.7. The van der Waals surface area contributed by atoms with Gasteiger partial charge in [-0.3, -0.25) is 0 Å². The third-order valence-electron chi connectivity index (χ3n) is 4.30. The van der Waals surface area contributed by atoms with Gasteiger partial charge in [-0.05, 0) is 48.4 Å². The highest BCUT2D eigenvalue weighted by atomic mass is 32.1. The zero-order chi connectivity index (χ0) is 19.4. The fourth-order valence-electron chi connectivity index (χ4n) is 2.65. The van der Waals surface area contributed by atoms with Crippen molar-refractivity contribution in [2.75, 3.05) is 5.32 Å². The van der Waals surface area contributed by atoms with Crippen LogP contribution in [0.3, 0.4) is 0 Å². The number of para-hydroxylation sites is 1. The van der Waals surface area contributed by atoms with Crippen molar-refractivity contribution in [3.05, 3.63) is 95.6 Å². The van der Waals surface area contributed by atoms with Gasteiger partial charge < -0.3 is 10.4 Å². The smallest absolute Gasteiger partial charge is 0.238 e. The molecule has 1 aromatic heterocycles. The predicted molar refractivity (Wildman–Crippen MR) is 108 cm³/mol. The van der Waals surface area contributed by atoms with E-state index in [-0.39, 0.29) is 22.1 Å². The molecule has 0 fully saturated rings. The van der Waals surface area contributed by atoms with E-state index < -0.39 is 5.82 Å². The molecular formula is C22H19FN2OS. The van der Waals surface area contributed by atoms with Crippen LogP contribution in [0.2, 0.25) is 0 Å². The molecule has 0 unspecified atom stereocenters. The van der Waals surface area contributed by atoms with Crippen molar-refractivity contribution in [1.29, 1.82) is 0 Å². The lowest BCUT2D eigenvalue weighted by Crippen LogP contribution is -2.39. The number of hydrogen-bond acceptors (Lipinski definition) is 2. The minimum absolute atomic E-state index is 0.152. The topological polar surface area (TPSA) is 39.0 Å². The van der Waals surface area contributed by atoms with Crippen LogP contribution in [0.25, 0.3) is 11.5 Å². The number of rotatable bonds is 4. The molecule has 1 heterocycles. The molecule has 3 aromatic rings. The normalized spacial score (nSPS) is 11.7. The number of aryl methyl sites for hydroxylation is 2. The molecule has 2 aromatic carbocycles. The maximum Gasteiger partial charge on any atom is 0.238 e. The Bertz CT molecular complexity index is 1020. The van der Waals surface area contributed by atoms with Crippen LogP contribution >= 0.6 is 12.2 Å². The molecular weight excluding hydrogens is 359 g/mol. The average Bonchev–Trinajstić information content (AvgIpc) is 2.67. The van der Waals surface area contributed by atoms with E-state index in [4.69, 9.17) is 12.2 Å². The Morgan fingerprint density at radius 1 is 0.963 bits per heavy atom. The Hall–Kier alpha value is -3.05. The quantitative estimate of drug-likeness (QED) is 0.324. The first-order valence-corrected chi connectivity index (χ1v) is 8.89. The molecule has 1 N–H and O–H groups in total. The Balaban J connectivity index is 2.09. The van der Waals surface area contributed by atoms with E-state index >= 15 is 0 Å². The van der Waals surface area contributed by atoms with Gasteiger partial charge in [-0.1, -0.05) is 48.6 Å². The summed E-state index contributed by atoms with van der Waals surface area (Å²) in [6.07, 6.45) is 3.48. The fraction of sp³-hybridized carbons (Fsp3) is 0.0909. The van der Waals surface area contributed by atoms with E-state index in [1.54, 1.807) is 53.4 Å². The Labute approximate surface area is 163 Å². The number of hydrogen-bond donors (Lipinski definition) is 1. The lowest BCUT2D eigenvalue weighted by Gasteiger charge is -2.18. The Kier molecular flexibility index (Phi) is 5.62. The van der Waals surface area contributed by atoms with E-state index in [1.807, 2.05) is 32.0 Å². The number of pyridine rings is 1. The van der Waals surface area contributed by atoms with Gasteiger partial charge in [0.15, 0.2) is 17.4 Å². The molecule has 3 rings (SSSR count). The van der Waals surface area contributed by atoms with Crippen molar-refractivity contribution >= 4 is 34.3 Å². The highest BCUT2D eigenvalue weighted by molar-refractivity contribution is 7.81. The zero-order valence-corrected chi connectivity index (χ0v) is 15.9. The second-order valence-electron chi connectivity index (χ2n) is 6.19. The fourth-order valence-corrected chi connectivity index (χ4v) is 2.96. The largest absolute Gasteiger partial charge is 0.867 e. The summed E-state index contributed by atoms with van der Waals surface area (Å²) >= 11 is 5.48. The van der Waals surface area contributed by atoms with Gasteiger partial charge >= 0.3 is 0 Å². The van der Waals surface area contributed by atoms with E-state index in [9.17, 15) is 9.50 Å². The predicted octanol–water partition coefficient (Wildman–Crippen LogP) is 3.86. The standard InChI is InChI=1S/C22H19FN2OS/c1-15-10-11-17(14-16(15)2)21(26)20(25-12-6-3-7-13-25)22(27)24-19-9-5-4-8-18(19)23/h3-14H,1-2H3,(H-,24,26,27). The van der Waals surface area contributed by atoms with Gasteiger partial charge in [0.2, 0.25) is 5.70 Å². The number of nitrogens with one attached hydrogen (secondary N) is 1. The number of anilines is 1. The molecule has 0 aliphatic rings. The van der Waals surface area contributed by atoms with E-state index in [0.29, 0.717) is 5.56 Å². The molecule has 0 saturated carbocycles. The molecule has 0 atom stereocenters. The number of benzene rings is 2. The highest BCUT2D eigenvalue weighted by Crippen LogP contribution is 2.20. The van der Waals surface area contributed by atoms with Gasteiger partial charge in [0.25, 0.3) is 0 Å². The number of nitrogens with zero attached hydrogens (tertiary/aromatic N) is 1. The van der Waals surface area contributed by atoms with Crippen LogP contribution in [-0.2, 0) is 0 Å². The second-order valence-corrected chi connectivity index (χ2v) is 6.60.